The first-order valence-electron chi connectivity index (χ1n) is 6.46. The summed E-state index contributed by atoms with van der Waals surface area (Å²) in [6.07, 6.45) is 2.41. The lowest BCUT2D eigenvalue weighted by molar-refractivity contribution is -0.143. The van der Waals surface area contributed by atoms with Crippen LogP contribution in [0.1, 0.15) is 25.7 Å². The molecule has 0 atom stereocenters. The van der Waals surface area contributed by atoms with Crippen molar-refractivity contribution in [2.45, 2.75) is 25.7 Å². The van der Waals surface area contributed by atoms with Crippen molar-refractivity contribution >= 4 is 51.8 Å². The van der Waals surface area contributed by atoms with Gasteiger partial charge in [0.2, 0.25) is 5.91 Å². The van der Waals surface area contributed by atoms with Crippen LogP contribution in [-0.2, 0) is 9.59 Å². The van der Waals surface area contributed by atoms with E-state index in [1.165, 1.54) is 0 Å². The fourth-order valence-corrected chi connectivity index (χ4v) is 3.43. The minimum absolute atomic E-state index is 0.0333. The van der Waals surface area contributed by atoms with E-state index < -0.39 is 5.97 Å². The minimum Gasteiger partial charge on any atom is -0.481 e. The first-order valence-corrected chi connectivity index (χ1v) is 7.91. The van der Waals surface area contributed by atoms with E-state index in [1.807, 2.05) is 0 Å². The van der Waals surface area contributed by atoms with Crippen LogP contribution in [-0.4, -0.2) is 17.0 Å². The molecule has 4 nitrogen and oxygen atoms in total. The number of carboxylic acid groups (broad SMARTS) is 1. The third-order valence-corrected chi connectivity index (χ3v) is 4.76. The maximum Gasteiger partial charge on any atom is 0.306 e. The molecule has 1 saturated carbocycles. The first kappa shape index (κ1) is 15.6. The summed E-state index contributed by atoms with van der Waals surface area (Å²) in [5.74, 6) is -1.18. The Labute approximate surface area is 136 Å². The van der Waals surface area contributed by atoms with Crippen molar-refractivity contribution < 1.29 is 14.7 Å². The molecule has 108 valence electrons. The van der Waals surface area contributed by atoms with Crippen molar-refractivity contribution in [1.82, 2.24) is 0 Å². The predicted octanol–water partition coefficient (Wildman–Crippen LogP) is 3.77. The number of carboxylic acids is 1. The molecular formula is C14H15ClINO3. The minimum atomic E-state index is -0.754. The van der Waals surface area contributed by atoms with Crippen LogP contribution in [0.5, 0.6) is 0 Å². The molecular weight excluding hydrogens is 393 g/mol. The highest BCUT2D eigenvalue weighted by Crippen LogP contribution is 2.30. The number of hydrogen-bond donors (Lipinski definition) is 2. The Kier molecular flexibility index (Phi) is 5.26. The zero-order valence-electron chi connectivity index (χ0n) is 10.7. The summed E-state index contributed by atoms with van der Waals surface area (Å²) in [6, 6.07) is 5.31. The molecule has 1 amide bonds. The second-order valence-electron chi connectivity index (χ2n) is 5.00. The molecule has 1 aliphatic rings. The Morgan fingerprint density at radius 1 is 1.20 bits per heavy atom. The number of anilines is 1. The SMILES string of the molecule is O=C(O)C1CCC(C(=O)Nc2ccc(Cl)cc2I)CC1. The van der Waals surface area contributed by atoms with Gasteiger partial charge in [0, 0.05) is 14.5 Å². The molecule has 2 rings (SSSR count). The molecule has 0 saturated heterocycles. The van der Waals surface area contributed by atoms with Gasteiger partial charge in [-0.2, -0.15) is 0 Å². The highest BCUT2D eigenvalue weighted by atomic mass is 127. The number of benzene rings is 1. The van der Waals surface area contributed by atoms with Crippen molar-refractivity contribution in [1.29, 1.82) is 0 Å². The van der Waals surface area contributed by atoms with E-state index in [4.69, 9.17) is 16.7 Å². The topological polar surface area (TPSA) is 66.4 Å². The molecule has 1 aliphatic carbocycles. The van der Waals surface area contributed by atoms with Crippen LogP contribution >= 0.6 is 34.2 Å². The monoisotopic (exact) mass is 407 g/mol. The summed E-state index contributed by atoms with van der Waals surface area (Å²) < 4.78 is 0.891. The molecule has 1 fully saturated rings. The van der Waals surface area contributed by atoms with Gasteiger partial charge in [0.15, 0.2) is 0 Å². The van der Waals surface area contributed by atoms with Crippen LogP contribution in [0.25, 0.3) is 0 Å². The lowest BCUT2D eigenvalue weighted by atomic mass is 9.81. The third kappa shape index (κ3) is 3.85. The van der Waals surface area contributed by atoms with Gasteiger partial charge in [-0.3, -0.25) is 9.59 Å². The van der Waals surface area contributed by atoms with Gasteiger partial charge in [0.1, 0.15) is 0 Å². The number of carbonyl (C=O) groups is 2. The van der Waals surface area contributed by atoms with Gasteiger partial charge in [-0.15, -0.1) is 0 Å². The molecule has 2 N–H and O–H groups in total. The van der Waals surface area contributed by atoms with Gasteiger partial charge in [0.25, 0.3) is 0 Å². The maximum absolute atomic E-state index is 12.2. The highest BCUT2D eigenvalue weighted by Gasteiger charge is 2.29. The molecule has 0 heterocycles. The van der Waals surface area contributed by atoms with E-state index in [1.54, 1.807) is 18.2 Å². The van der Waals surface area contributed by atoms with Gasteiger partial charge in [-0.1, -0.05) is 11.6 Å². The van der Waals surface area contributed by atoms with Crippen molar-refractivity contribution in [3.8, 4) is 0 Å². The molecule has 1 aromatic carbocycles. The Hall–Kier alpha value is -0.820. The highest BCUT2D eigenvalue weighted by molar-refractivity contribution is 14.1. The third-order valence-electron chi connectivity index (χ3n) is 3.64. The average molecular weight is 408 g/mol. The summed E-state index contributed by atoms with van der Waals surface area (Å²) in [4.78, 5) is 23.1. The van der Waals surface area contributed by atoms with E-state index in [2.05, 4.69) is 27.9 Å². The fourth-order valence-electron chi connectivity index (χ4n) is 2.43. The standard InChI is InChI=1S/C14H15ClINO3/c15-10-5-6-12(11(16)7-10)17-13(18)8-1-3-9(4-2-8)14(19)20/h5-9H,1-4H2,(H,17,18)(H,19,20). The molecule has 0 bridgehead atoms. The van der Waals surface area contributed by atoms with Crippen molar-refractivity contribution in [3.05, 3.63) is 26.8 Å². The molecule has 0 aromatic heterocycles. The maximum atomic E-state index is 12.2. The molecule has 0 spiro atoms. The van der Waals surface area contributed by atoms with E-state index in [9.17, 15) is 9.59 Å². The summed E-state index contributed by atoms with van der Waals surface area (Å²) in [5, 5.41) is 12.5. The molecule has 0 radical (unpaired) electrons. The summed E-state index contributed by atoms with van der Waals surface area (Å²) in [5.41, 5.74) is 0.750. The summed E-state index contributed by atoms with van der Waals surface area (Å²) >= 11 is 8.00. The average Bonchev–Trinajstić information content (AvgIpc) is 2.42. The normalized spacial score (nSPS) is 22.3. The van der Waals surface area contributed by atoms with Crippen LogP contribution in [0.3, 0.4) is 0 Å². The van der Waals surface area contributed by atoms with Crippen LogP contribution in [0.4, 0.5) is 5.69 Å². The van der Waals surface area contributed by atoms with E-state index in [0.29, 0.717) is 30.7 Å². The lowest BCUT2D eigenvalue weighted by Gasteiger charge is -2.25. The van der Waals surface area contributed by atoms with Gasteiger partial charge < -0.3 is 10.4 Å². The molecule has 0 unspecified atom stereocenters. The lowest BCUT2D eigenvalue weighted by Crippen LogP contribution is -2.29. The number of nitrogens with one attached hydrogen (secondary N) is 1. The molecule has 20 heavy (non-hydrogen) atoms. The Morgan fingerprint density at radius 3 is 2.35 bits per heavy atom. The Morgan fingerprint density at radius 2 is 1.80 bits per heavy atom. The number of amides is 1. The molecule has 0 aliphatic heterocycles. The van der Waals surface area contributed by atoms with E-state index in [-0.39, 0.29) is 17.7 Å². The quantitative estimate of drug-likeness (QED) is 0.750. The van der Waals surface area contributed by atoms with Crippen LogP contribution < -0.4 is 5.32 Å². The van der Waals surface area contributed by atoms with Gasteiger partial charge >= 0.3 is 5.97 Å². The van der Waals surface area contributed by atoms with Gasteiger partial charge in [-0.25, -0.2) is 0 Å². The smallest absolute Gasteiger partial charge is 0.306 e. The number of aliphatic carboxylic acids is 1. The Bertz CT molecular complexity index is 527. The zero-order chi connectivity index (χ0) is 14.7. The largest absolute Gasteiger partial charge is 0.481 e. The van der Waals surface area contributed by atoms with Crippen LogP contribution in [0.2, 0.25) is 5.02 Å². The first-order chi connectivity index (χ1) is 9.47. The second-order valence-corrected chi connectivity index (χ2v) is 6.60. The number of halogens is 2. The fraction of sp³-hybridized carbons (Fsp3) is 0.429. The van der Waals surface area contributed by atoms with Crippen molar-refractivity contribution in [2.75, 3.05) is 5.32 Å². The number of hydrogen-bond acceptors (Lipinski definition) is 2. The Balaban J connectivity index is 1.94. The number of rotatable bonds is 3. The van der Waals surface area contributed by atoms with Gasteiger partial charge in [-0.05, 0) is 66.5 Å². The number of carbonyl (C=O) groups excluding carboxylic acids is 1. The van der Waals surface area contributed by atoms with Gasteiger partial charge in [0.05, 0.1) is 11.6 Å². The molecule has 6 heteroatoms. The predicted molar refractivity (Wildman–Crippen MR) is 85.9 cm³/mol. The molecule has 1 aromatic rings. The van der Waals surface area contributed by atoms with Crippen molar-refractivity contribution in [2.24, 2.45) is 11.8 Å². The van der Waals surface area contributed by atoms with E-state index in [0.717, 1.165) is 9.26 Å². The van der Waals surface area contributed by atoms with E-state index >= 15 is 0 Å². The van der Waals surface area contributed by atoms with Crippen LogP contribution in [0.15, 0.2) is 18.2 Å². The summed E-state index contributed by atoms with van der Waals surface area (Å²) in [6.45, 7) is 0. The van der Waals surface area contributed by atoms with Crippen LogP contribution in [0, 0.1) is 15.4 Å². The second kappa shape index (κ2) is 6.76. The van der Waals surface area contributed by atoms with Crippen molar-refractivity contribution in [3.63, 3.8) is 0 Å². The zero-order valence-corrected chi connectivity index (χ0v) is 13.6. The summed E-state index contributed by atoms with van der Waals surface area (Å²) in [7, 11) is 0.